The molecule has 0 amide bonds. The van der Waals surface area contributed by atoms with Crippen molar-refractivity contribution in [3.63, 3.8) is 0 Å². The van der Waals surface area contributed by atoms with Crippen LogP contribution < -0.4 is 16.2 Å². The Balaban J connectivity index is 1.65. The first-order valence-electron chi connectivity index (χ1n) is 8.81. The molecule has 0 heterocycles. The highest BCUT2D eigenvalue weighted by Crippen LogP contribution is 2.18. The third kappa shape index (κ3) is 5.27. The second-order valence-corrected chi connectivity index (χ2v) is 6.75. The van der Waals surface area contributed by atoms with Crippen molar-refractivity contribution in [2.24, 2.45) is 10.9 Å². The van der Waals surface area contributed by atoms with Crippen LogP contribution in [0.2, 0.25) is 5.02 Å². The molecule has 0 radical (unpaired) electrons. The standard InChI is InChI=1S/C22H20ClN3O3/c1-14-19(6-3-7-20(14)24)21(25)26-29-22(27)16-5-2-4-15(12-16)13-28-18-10-8-17(23)9-11-18/h2-12H,13,24H2,1H3,(H2,25,26). The molecule has 3 aromatic carbocycles. The minimum absolute atomic E-state index is 0.0744. The summed E-state index contributed by atoms with van der Waals surface area (Å²) in [6, 6.07) is 19.2. The van der Waals surface area contributed by atoms with E-state index in [0.717, 1.165) is 11.1 Å². The number of anilines is 1. The molecular formula is C22H20ClN3O3. The van der Waals surface area contributed by atoms with Gasteiger partial charge in [-0.05, 0) is 60.5 Å². The molecule has 0 aliphatic rings. The van der Waals surface area contributed by atoms with Crippen molar-refractivity contribution >= 4 is 29.1 Å². The Morgan fingerprint density at radius 2 is 1.79 bits per heavy atom. The predicted molar refractivity (Wildman–Crippen MR) is 114 cm³/mol. The number of rotatable bonds is 6. The Hall–Kier alpha value is -3.51. The van der Waals surface area contributed by atoms with E-state index in [2.05, 4.69) is 5.16 Å². The Labute approximate surface area is 173 Å². The normalized spacial score (nSPS) is 11.2. The van der Waals surface area contributed by atoms with Gasteiger partial charge in [0.05, 0.1) is 5.56 Å². The lowest BCUT2D eigenvalue weighted by Crippen LogP contribution is -2.17. The monoisotopic (exact) mass is 409 g/mol. The number of benzene rings is 3. The molecule has 0 unspecified atom stereocenters. The van der Waals surface area contributed by atoms with E-state index in [1.165, 1.54) is 0 Å². The first-order valence-corrected chi connectivity index (χ1v) is 9.19. The number of hydrogen-bond donors (Lipinski definition) is 2. The number of nitrogens with two attached hydrogens (primary N) is 2. The van der Waals surface area contributed by atoms with Crippen molar-refractivity contribution < 1.29 is 14.4 Å². The van der Waals surface area contributed by atoms with E-state index < -0.39 is 5.97 Å². The van der Waals surface area contributed by atoms with Crippen molar-refractivity contribution in [3.8, 4) is 5.75 Å². The molecule has 3 rings (SSSR count). The van der Waals surface area contributed by atoms with Gasteiger partial charge in [-0.3, -0.25) is 0 Å². The minimum Gasteiger partial charge on any atom is -0.489 e. The molecule has 3 aromatic rings. The van der Waals surface area contributed by atoms with Crippen LogP contribution in [0.5, 0.6) is 5.75 Å². The Bertz CT molecular complexity index is 1050. The zero-order valence-electron chi connectivity index (χ0n) is 15.8. The lowest BCUT2D eigenvalue weighted by Gasteiger charge is -2.08. The molecule has 0 aliphatic carbocycles. The molecule has 0 spiro atoms. The van der Waals surface area contributed by atoms with Gasteiger partial charge in [-0.1, -0.05) is 41.0 Å². The maximum Gasteiger partial charge on any atom is 0.365 e. The Morgan fingerprint density at radius 3 is 2.55 bits per heavy atom. The molecule has 29 heavy (non-hydrogen) atoms. The third-order valence-corrected chi connectivity index (χ3v) is 4.51. The SMILES string of the molecule is Cc1c(N)cccc1/C(N)=N/OC(=O)c1cccc(COc2ccc(Cl)cc2)c1. The first kappa shape index (κ1) is 20.2. The number of nitrogen functional groups attached to an aromatic ring is 1. The second kappa shape index (κ2) is 9.12. The second-order valence-electron chi connectivity index (χ2n) is 6.32. The Kier molecular flexibility index (Phi) is 6.36. The maximum atomic E-state index is 12.3. The summed E-state index contributed by atoms with van der Waals surface area (Å²) in [5.74, 6) is 0.130. The summed E-state index contributed by atoms with van der Waals surface area (Å²) in [5, 5.41) is 4.38. The van der Waals surface area contributed by atoms with Crippen molar-refractivity contribution in [1.82, 2.24) is 0 Å². The molecule has 0 fully saturated rings. The largest absolute Gasteiger partial charge is 0.489 e. The number of nitrogens with zero attached hydrogens (tertiary/aromatic N) is 1. The summed E-state index contributed by atoms with van der Waals surface area (Å²) in [6.45, 7) is 2.11. The van der Waals surface area contributed by atoms with Crippen molar-refractivity contribution in [3.05, 3.63) is 94.0 Å². The molecule has 148 valence electrons. The number of ether oxygens (including phenoxy) is 1. The number of carbonyl (C=O) groups is 1. The lowest BCUT2D eigenvalue weighted by atomic mass is 10.1. The first-order chi connectivity index (χ1) is 13.9. The van der Waals surface area contributed by atoms with E-state index >= 15 is 0 Å². The van der Waals surface area contributed by atoms with Crippen molar-refractivity contribution in [2.75, 3.05) is 5.73 Å². The van der Waals surface area contributed by atoms with Gasteiger partial charge in [0.2, 0.25) is 0 Å². The van der Waals surface area contributed by atoms with Crippen molar-refractivity contribution in [1.29, 1.82) is 0 Å². The number of amidine groups is 1. The molecule has 0 bridgehead atoms. The number of halogens is 1. The van der Waals surface area contributed by atoms with E-state index in [9.17, 15) is 4.79 Å². The van der Waals surface area contributed by atoms with Gasteiger partial charge < -0.3 is 21.0 Å². The van der Waals surface area contributed by atoms with Crippen molar-refractivity contribution in [2.45, 2.75) is 13.5 Å². The molecule has 4 N–H and O–H groups in total. The van der Waals surface area contributed by atoms with E-state index in [1.807, 2.05) is 13.0 Å². The van der Waals surface area contributed by atoms with Crippen LogP contribution in [-0.4, -0.2) is 11.8 Å². The third-order valence-electron chi connectivity index (χ3n) is 4.26. The van der Waals surface area contributed by atoms with Gasteiger partial charge in [0, 0.05) is 16.3 Å². The molecule has 0 saturated heterocycles. The van der Waals surface area contributed by atoms with Crippen LogP contribution in [0.15, 0.2) is 71.9 Å². The zero-order chi connectivity index (χ0) is 20.8. The number of hydrogen-bond acceptors (Lipinski definition) is 5. The average molecular weight is 410 g/mol. The topological polar surface area (TPSA) is 99.9 Å². The van der Waals surface area contributed by atoms with E-state index in [-0.39, 0.29) is 12.4 Å². The summed E-state index contributed by atoms with van der Waals surface area (Å²) >= 11 is 5.86. The molecular weight excluding hydrogens is 390 g/mol. The summed E-state index contributed by atoms with van der Waals surface area (Å²) in [7, 11) is 0. The highest BCUT2D eigenvalue weighted by atomic mass is 35.5. The Morgan fingerprint density at radius 1 is 1.07 bits per heavy atom. The number of carbonyl (C=O) groups excluding carboxylic acids is 1. The van der Waals surface area contributed by atoms with Gasteiger partial charge in [-0.25, -0.2) is 4.79 Å². The van der Waals surface area contributed by atoms with Crippen LogP contribution in [0.1, 0.15) is 27.0 Å². The molecule has 0 aliphatic heterocycles. The van der Waals surface area contributed by atoms with Gasteiger partial charge in [0.1, 0.15) is 12.4 Å². The molecule has 0 aromatic heterocycles. The molecule has 7 heteroatoms. The minimum atomic E-state index is -0.622. The highest BCUT2D eigenvalue weighted by Gasteiger charge is 2.11. The lowest BCUT2D eigenvalue weighted by molar-refractivity contribution is 0.0516. The molecule has 0 saturated carbocycles. The van der Waals surface area contributed by atoms with Crippen LogP contribution >= 0.6 is 11.6 Å². The quantitative estimate of drug-likeness (QED) is 0.208. The fourth-order valence-electron chi connectivity index (χ4n) is 2.61. The van der Waals surface area contributed by atoms with Gasteiger partial charge in [-0.15, -0.1) is 0 Å². The van der Waals surface area contributed by atoms with Crippen LogP contribution in [-0.2, 0) is 11.4 Å². The summed E-state index contributed by atoms with van der Waals surface area (Å²) in [6.07, 6.45) is 0. The highest BCUT2D eigenvalue weighted by molar-refractivity contribution is 6.30. The smallest absolute Gasteiger partial charge is 0.365 e. The predicted octanol–water partition coefficient (Wildman–Crippen LogP) is 4.29. The van der Waals surface area contributed by atoms with Gasteiger partial charge in [-0.2, -0.15) is 0 Å². The van der Waals surface area contributed by atoms with E-state index in [4.69, 9.17) is 32.6 Å². The van der Waals surface area contributed by atoms with Crippen LogP contribution in [0, 0.1) is 6.92 Å². The summed E-state index contributed by atoms with van der Waals surface area (Å²) in [4.78, 5) is 17.3. The van der Waals surface area contributed by atoms with Gasteiger partial charge in [0.15, 0.2) is 5.84 Å². The fourth-order valence-corrected chi connectivity index (χ4v) is 2.74. The zero-order valence-corrected chi connectivity index (χ0v) is 16.5. The summed E-state index contributed by atoms with van der Waals surface area (Å²) < 4.78 is 5.69. The van der Waals surface area contributed by atoms with Gasteiger partial charge in [0.25, 0.3) is 0 Å². The average Bonchev–Trinajstić information content (AvgIpc) is 2.73. The maximum absolute atomic E-state index is 12.3. The molecule has 0 atom stereocenters. The van der Waals surface area contributed by atoms with Gasteiger partial charge >= 0.3 is 5.97 Å². The van der Waals surface area contributed by atoms with E-state index in [0.29, 0.717) is 27.6 Å². The number of oxime groups is 1. The van der Waals surface area contributed by atoms with Crippen LogP contribution in [0.4, 0.5) is 5.69 Å². The van der Waals surface area contributed by atoms with E-state index in [1.54, 1.807) is 60.7 Å². The van der Waals surface area contributed by atoms with Crippen LogP contribution in [0.3, 0.4) is 0 Å². The van der Waals surface area contributed by atoms with Crippen LogP contribution in [0.25, 0.3) is 0 Å². The summed E-state index contributed by atoms with van der Waals surface area (Å²) in [5.41, 5.74) is 14.9. The fraction of sp³-hybridized carbons (Fsp3) is 0.0909. The molecule has 6 nitrogen and oxygen atoms in total.